The van der Waals surface area contributed by atoms with Gasteiger partial charge in [-0.2, -0.15) is 0 Å². The molecule has 6 heteroatoms. The van der Waals surface area contributed by atoms with Gasteiger partial charge in [-0.3, -0.25) is 9.78 Å². The number of aromatic nitrogens is 2. The number of rotatable bonds is 1. The molecule has 0 unspecified atom stereocenters. The second-order valence-corrected chi connectivity index (χ2v) is 4.37. The third-order valence-corrected chi connectivity index (χ3v) is 2.94. The highest BCUT2D eigenvalue weighted by Gasteiger charge is 2.11. The minimum atomic E-state index is -0.694. The summed E-state index contributed by atoms with van der Waals surface area (Å²) in [4.78, 5) is 26.0. The van der Waals surface area contributed by atoms with Crippen LogP contribution < -0.4 is 11.2 Å². The van der Waals surface area contributed by atoms with Crippen LogP contribution in [0.3, 0.4) is 0 Å². The molecule has 2 aromatic rings. The fourth-order valence-corrected chi connectivity index (χ4v) is 1.84. The summed E-state index contributed by atoms with van der Waals surface area (Å²) in [5.41, 5.74) is -0.255. The molecule has 0 saturated carbocycles. The van der Waals surface area contributed by atoms with E-state index in [1.54, 1.807) is 13.0 Å². The highest BCUT2D eigenvalue weighted by molar-refractivity contribution is 6.30. The van der Waals surface area contributed by atoms with Crippen molar-refractivity contribution in [3.05, 3.63) is 61.1 Å². The third kappa shape index (κ3) is 2.09. The molecule has 0 aliphatic heterocycles. The zero-order chi connectivity index (χ0) is 13.4. The SMILES string of the molecule is Cc1cc(F)cc(-n2c(=O)[nH]c(Cl)c(C)c2=O)c1. The van der Waals surface area contributed by atoms with Crippen molar-refractivity contribution in [1.82, 2.24) is 9.55 Å². The second kappa shape index (κ2) is 4.42. The summed E-state index contributed by atoms with van der Waals surface area (Å²) < 4.78 is 14.2. The van der Waals surface area contributed by atoms with Gasteiger partial charge in [0.15, 0.2) is 0 Å². The van der Waals surface area contributed by atoms with E-state index >= 15 is 0 Å². The van der Waals surface area contributed by atoms with Crippen LogP contribution in [-0.4, -0.2) is 9.55 Å². The van der Waals surface area contributed by atoms with Crippen LogP contribution in [0.4, 0.5) is 4.39 Å². The van der Waals surface area contributed by atoms with Gasteiger partial charge in [0.2, 0.25) is 0 Å². The number of nitrogens with zero attached hydrogens (tertiary/aromatic N) is 1. The second-order valence-electron chi connectivity index (χ2n) is 4.00. The predicted octanol–water partition coefficient (Wildman–Crippen LogP) is 1.94. The van der Waals surface area contributed by atoms with E-state index in [1.807, 2.05) is 0 Å². The van der Waals surface area contributed by atoms with Crippen LogP contribution in [0.1, 0.15) is 11.1 Å². The lowest BCUT2D eigenvalue weighted by molar-refractivity contribution is 0.624. The Bertz CT molecular complexity index is 714. The fourth-order valence-electron chi connectivity index (χ4n) is 1.68. The van der Waals surface area contributed by atoms with Gasteiger partial charge >= 0.3 is 5.69 Å². The maximum atomic E-state index is 13.3. The van der Waals surface area contributed by atoms with Crippen molar-refractivity contribution < 1.29 is 4.39 Å². The minimum Gasteiger partial charge on any atom is -0.297 e. The molecule has 4 nitrogen and oxygen atoms in total. The van der Waals surface area contributed by atoms with E-state index in [0.717, 1.165) is 10.6 Å². The molecule has 0 aliphatic carbocycles. The van der Waals surface area contributed by atoms with Gasteiger partial charge in [0.05, 0.1) is 11.3 Å². The number of halogens is 2. The van der Waals surface area contributed by atoms with E-state index in [1.165, 1.54) is 13.0 Å². The number of aromatic amines is 1. The molecule has 0 radical (unpaired) electrons. The Morgan fingerprint density at radius 2 is 1.89 bits per heavy atom. The minimum absolute atomic E-state index is 0.00521. The van der Waals surface area contributed by atoms with E-state index in [4.69, 9.17) is 11.6 Å². The van der Waals surface area contributed by atoms with Crippen molar-refractivity contribution in [3.8, 4) is 5.69 Å². The lowest BCUT2D eigenvalue weighted by atomic mass is 10.2. The van der Waals surface area contributed by atoms with Crippen LogP contribution in [-0.2, 0) is 0 Å². The molecular formula is C12H10ClFN2O2. The van der Waals surface area contributed by atoms with Crippen LogP contribution in [0, 0.1) is 19.7 Å². The Morgan fingerprint density at radius 1 is 1.22 bits per heavy atom. The number of aryl methyl sites for hydroxylation is 1. The molecule has 0 bridgehead atoms. The van der Waals surface area contributed by atoms with Crippen LogP contribution in [0.15, 0.2) is 27.8 Å². The van der Waals surface area contributed by atoms with Gasteiger partial charge in [-0.15, -0.1) is 0 Å². The summed E-state index contributed by atoms with van der Waals surface area (Å²) in [6.07, 6.45) is 0. The van der Waals surface area contributed by atoms with Crippen LogP contribution in [0.25, 0.3) is 5.69 Å². The van der Waals surface area contributed by atoms with Gasteiger partial charge in [0.25, 0.3) is 5.56 Å². The van der Waals surface area contributed by atoms with E-state index in [2.05, 4.69) is 4.98 Å². The Morgan fingerprint density at radius 3 is 2.50 bits per heavy atom. The molecule has 2 rings (SSSR count). The van der Waals surface area contributed by atoms with E-state index in [9.17, 15) is 14.0 Å². The molecule has 1 aromatic heterocycles. The summed E-state index contributed by atoms with van der Waals surface area (Å²) in [6, 6.07) is 3.98. The lowest BCUT2D eigenvalue weighted by Crippen LogP contribution is -2.35. The molecular weight excluding hydrogens is 259 g/mol. The molecule has 94 valence electrons. The fraction of sp³-hybridized carbons (Fsp3) is 0.167. The number of H-pyrrole nitrogens is 1. The van der Waals surface area contributed by atoms with Gasteiger partial charge in [0, 0.05) is 0 Å². The van der Waals surface area contributed by atoms with Gasteiger partial charge in [0.1, 0.15) is 11.0 Å². The molecule has 18 heavy (non-hydrogen) atoms. The number of nitrogens with one attached hydrogen (secondary N) is 1. The average Bonchev–Trinajstić information content (AvgIpc) is 2.24. The van der Waals surface area contributed by atoms with Crippen molar-refractivity contribution in [2.24, 2.45) is 0 Å². The Hall–Kier alpha value is -1.88. The first-order valence-corrected chi connectivity index (χ1v) is 5.57. The monoisotopic (exact) mass is 268 g/mol. The number of hydrogen-bond acceptors (Lipinski definition) is 2. The highest BCUT2D eigenvalue weighted by atomic mass is 35.5. The maximum Gasteiger partial charge on any atom is 0.334 e. The Balaban J connectivity index is 2.84. The van der Waals surface area contributed by atoms with Crippen LogP contribution in [0.5, 0.6) is 0 Å². The first-order chi connectivity index (χ1) is 8.40. The molecule has 1 aromatic carbocycles. The van der Waals surface area contributed by atoms with Crippen molar-refractivity contribution in [2.75, 3.05) is 0 Å². The smallest absolute Gasteiger partial charge is 0.297 e. The van der Waals surface area contributed by atoms with E-state index in [-0.39, 0.29) is 16.4 Å². The first-order valence-electron chi connectivity index (χ1n) is 5.19. The van der Waals surface area contributed by atoms with Crippen molar-refractivity contribution in [2.45, 2.75) is 13.8 Å². The van der Waals surface area contributed by atoms with E-state index in [0.29, 0.717) is 5.56 Å². The lowest BCUT2D eigenvalue weighted by Gasteiger charge is -2.07. The van der Waals surface area contributed by atoms with Gasteiger partial charge in [-0.05, 0) is 37.6 Å². The zero-order valence-corrected chi connectivity index (χ0v) is 10.5. The molecule has 0 fully saturated rings. The summed E-state index contributed by atoms with van der Waals surface area (Å²) >= 11 is 5.70. The van der Waals surface area contributed by atoms with Crippen molar-refractivity contribution in [3.63, 3.8) is 0 Å². The summed E-state index contributed by atoms with van der Waals surface area (Å²) in [5.74, 6) is -0.510. The van der Waals surface area contributed by atoms with Crippen molar-refractivity contribution >= 4 is 11.6 Å². The topological polar surface area (TPSA) is 54.9 Å². The highest BCUT2D eigenvalue weighted by Crippen LogP contribution is 2.11. The molecule has 1 N–H and O–H groups in total. The van der Waals surface area contributed by atoms with E-state index < -0.39 is 17.1 Å². The van der Waals surface area contributed by atoms with Crippen LogP contribution in [0.2, 0.25) is 5.15 Å². The standard InChI is InChI=1S/C12H10ClFN2O2/c1-6-3-8(14)5-9(4-6)16-11(17)7(2)10(13)15-12(16)18/h3-5H,1-2H3,(H,15,18). The summed E-state index contributed by atoms with van der Waals surface area (Å²) in [6.45, 7) is 3.16. The van der Waals surface area contributed by atoms with Gasteiger partial charge < -0.3 is 0 Å². The molecule has 0 atom stereocenters. The third-order valence-electron chi connectivity index (χ3n) is 2.56. The maximum absolute atomic E-state index is 13.3. The largest absolute Gasteiger partial charge is 0.334 e. The molecule has 1 heterocycles. The molecule has 0 amide bonds. The Labute approximate surface area is 107 Å². The molecule has 0 spiro atoms. The van der Waals surface area contributed by atoms with Gasteiger partial charge in [-0.1, -0.05) is 11.6 Å². The molecule has 0 saturated heterocycles. The quantitative estimate of drug-likeness (QED) is 0.804. The summed E-state index contributed by atoms with van der Waals surface area (Å²) in [5, 5.41) is -0.00521. The molecule has 0 aliphatic rings. The van der Waals surface area contributed by atoms with Crippen LogP contribution >= 0.6 is 11.6 Å². The Kier molecular flexibility index (Phi) is 3.09. The zero-order valence-electron chi connectivity index (χ0n) is 9.75. The van der Waals surface area contributed by atoms with Gasteiger partial charge in [-0.25, -0.2) is 13.8 Å². The average molecular weight is 269 g/mol. The number of benzene rings is 1. The predicted molar refractivity (Wildman–Crippen MR) is 67.1 cm³/mol. The first kappa shape index (κ1) is 12.6. The number of hydrogen-bond donors (Lipinski definition) is 1. The van der Waals surface area contributed by atoms with Crippen molar-refractivity contribution in [1.29, 1.82) is 0 Å². The summed E-state index contributed by atoms with van der Waals surface area (Å²) in [7, 11) is 0. The normalized spacial score (nSPS) is 10.7.